The SMILES string of the molecule is CC(C)(O[Si](C)(C)C(C)(C)C)c1ncc(-c2cc(NCCC(O)C(O)c3c(Br)cccc3OC(F)F)c([N+](=O)[O-])cc2F)cn1. The number of aliphatic hydroxyl groups excluding tert-OH is 2. The van der Waals surface area contributed by atoms with Crippen molar-refractivity contribution < 1.29 is 37.5 Å². The highest BCUT2D eigenvalue weighted by molar-refractivity contribution is 9.10. The van der Waals surface area contributed by atoms with Crippen LogP contribution in [0.1, 0.15) is 58.5 Å². The molecule has 15 heteroatoms. The van der Waals surface area contributed by atoms with Gasteiger partial charge in [0.1, 0.15) is 29.0 Å². The van der Waals surface area contributed by atoms with Crippen molar-refractivity contribution in [2.75, 3.05) is 11.9 Å². The molecule has 0 saturated heterocycles. The Bertz CT molecular complexity index is 1510. The third-order valence-corrected chi connectivity index (χ3v) is 13.1. The van der Waals surface area contributed by atoms with Crippen molar-refractivity contribution in [3.8, 4) is 16.9 Å². The standard InChI is InChI=1S/C30H38BrF3N4O6Si/c1-29(2,3)45(6,7)44-30(4,5)27-36-15-17(16-37-27)18-13-21(22(38(41)42)14-20(18)32)35-12-11-23(39)26(40)25-19(31)9-8-10-24(25)43-28(33)34/h8-10,13-16,23,26,28,35,39-40H,11-12H2,1-7H3. The van der Waals surface area contributed by atoms with Gasteiger partial charge in [-0.25, -0.2) is 14.4 Å². The average molecular weight is 716 g/mol. The van der Waals surface area contributed by atoms with Crippen molar-refractivity contribution in [3.63, 3.8) is 0 Å². The molecule has 1 heterocycles. The minimum absolute atomic E-state index is 0.000333. The van der Waals surface area contributed by atoms with Crippen LogP contribution in [0, 0.1) is 15.9 Å². The predicted molar refractivity (Wildman–Crippen MR) is 170 cm³/mol. The molecule has 3 N–H and O–H groups in total. The van der Waals surface area contributed by atoms with Crippen LogP contribution in [0.15, 0.2) is 47.2 Å². The maximum Gasteiger partial charge on any atom is 0.387 e. The maximum atomic E-state index is 15.1. The van der Waals surface area contributed by atoms with Crippen molar-refractivity contribution in [1.29, 1.82) is 0 Å². The molecule has 0 spiro atoms. The number of hydrogen-bond donors (Lipinski definition) is 3. The normalized spacial score (nSPS) is 13.9. The molecule has 2 unspecified atom stereocenters. The zero-order valence-corrected chi connectivity index (χ0v) is 28.7. The summed E-state index contributed by atoms with van der Waals surface area (Å²) in [6.45, 7) is 11.1. The van der Waals surface area contributed by atoms with E-state index in [4.69, 9.17) is 4.43 Å². The summed E-state index contributed by atoms with van der Waals surface area (Å²) in [5.41, 5.74) is -1.23. The Morgan fingerprint density at radius 3 is 2.29 bits per heavy atom. The molecule has 1 aromatic heterocycles. The molecule has 0 saturated carbocycles. The van der Waals surface area contributed by atoms with Crippen LogP contribution in [0.5, 0.6) is 5.75 Å². The average Bonchev–Trinajstić information content (AvgIpc) is 2.92. The van der Waals surface area contributed by atoms with Gasteiger partial charge in [-0.2, -0.15) is 8.78 Å². The first-order chi connectivity index (χ1) is 20.7. The first kappa shape index (κ1) is 36.4. The number of nitrogens with one attached hydrogen (secondary N) is 1. The van der Waals surface area contributed by atoms with Gasteiger partial charge in [-0.3, -0.25) is 10.1 Å². The van der Waals surface area contributed by atoms with Gasteiger partial charge in [0.15, 0.2) is 14.1 Å². The smallest absolute Gasteiger partial charge is 0.387 e. The summed E-state index contributed by atoms with van der Waals surface area (Å²) in [6, 6.07) is 6.16. The lowest BCUT2D eigenvalue weighted by Gasteiger charge is -2.42. The molecule has 0 aliphatic rings. The van der Waals surface area contributed by atoms with Gasteiger partial charge in [-0.15, -0.1) is 0 Å². The van der Waals surface area contributed by atoms with Crippen LogP contribution in [-0.4, -0.2) is 52.7 Å². The minimum atomic E-state index is -3.15. The highest BCUT2D eigenvalue weighted by atomic mass is 79.9. The van der Waals surface area contributed by atoms with Gasteiger partial charge in [0, 0.05) is 40.1 Å². The number of aromatic nitrogens is 2. The molecule has 0 fully saturated rings. The van der Waals surface area contributed by atoms with Gasteiger partial charge in [0.2, 0.25) is 0 Å². The summed E-state index contributed by atoms with van der Waals surface area (Å²) in [5, 5.41) is 35.8. The van der Waals surface area contributed by atoms with Crippen LogP contribution < -0.4 is 10.1 Å². The van der Waals surface area contributed by atoms with E-state index in [1.807, 2.05) is 13.8 Å². The van der Waals surface area contributed by atoms with Crippen LogP contribution in [0.2, 0.25) is 18.1 Å². The van der Waals surface area contributed by atoms with Crippen LogP contribution >= 0.6 is 15.9 Å². The van der Waals surface area contributed by atoms with Crippen molar-refractivity contribution in [2.45, 2.75) is 83.6 Å². The van der Waals surface area contributed by atoms with Crippen LogP contribution in [0.3, 0.4) is 0 Å². The summed E-state index contributed by atoms with van der Waals surface area (Å²) in [4.78, 5) is 19.8. The lowest BCUT2D eigenvalue weighted by molar-refractivity contribution is -0.384. The Morgan fingerprint density at radius 1 is 1.11 bits per heavy atom. The number of nitro benzene ring substituents is 1. The topological polar surface area (TPSA) is 140 Å². The minimum Gasteiger partial charge on any atom is -0.434 e. The fourth-order valence-electron chi connectivity index (χ4n) is 4.40. The second-order valence-corrected chi connectivity index (χ2v) is 18.1. The van der Waals surface area contributed by atoms with Gasteiger partial charge < -0.3 is 24.7 Å². The van der Waals surface area contributed by atoms with Gasteiger partial charge >= 0.3 is 6.61 Å². The van der Waals surface area contributed by atoms with E-state index >= 15 is 4.39 Å². The second-order valence-electron chi connectivity index (χ2n) is 12.5. The number of alkyl halides is 2. The first-order valence-electron chi connectivity index (χ1n) is 14.1. The Hall–Kier alpha value is -3.11. The number of nitrogens with zero attached hydrogens (tertiary/aromatic N) is 3. The van der Waals surface area contributed by atoms with Crippen LogP contribution in [0.4, 0.5) is 24.5 Å². The van der Waals surface area contributed by atoms with Crippen molar-refractivity contribution >= 4 is 35.6 Å². The molecule has 10 nitrogen and oxygen atoms in total. The number of hydrogen-bond acceptors (Lipinski definition) is 9. The largest absolute Gasteiger partial charge is 0.434 e. The van der Waals surface area contributed by atoms with Crippen molar-refractivity contribution in [2.24, 2.45) is 0 Å². The molecule has 0 aliphatic carbocycles. The summed E-state index contributed by atoms with van der Waals surface area (Å²) in [7, 11) is -2.18. The monoisotopic (exact) mass is 714 g/mol. The summed E-state index contributed by atoms with van der Waals surface area (Å²) in [5.74, 6) is -0.784. The van der Waals surface area contributed by atoms with Gasteiger partial charge in [0.25, 0.3) is 5.69 Å². The molecule has 2 aromatic carbocycles. The number of benzene rings is 2. The lowest BCUT2D eigenvalue weighted by atomic mass is 10.0. The third kappa shape index (κ3) is 8.79. The zero-order chi connectivity index (χ0) is 33.9. The highest BCUT2D eigenvalue weighted by Gasteiger charge is 2.43. The third-order valence-electron chi connectivity index (χ3n) is 7.74. The maximum absolute atomic E-state index is 15.1. The van der Waals surface area contributed by atoms with E-state index in [2.05, 4.69) is 69.8 Å². The molecular formula is C30H38BrF3N4O6Si. The molecule has 3 aromatic rings. The van der Waals surface area contributed by atoms with Gasteiger partial charge in [-0.05, 0) is 56.6 Å². The highest BCUT2D eigenvalue weighted by Crippen LogP contribution is 2.41. The summed E-state index contributed by atoms with van der Waals surface area (Å²) in [6.07, 6.45) is -0.432. The molecular weight excluding hydrogens is 677 g/mol. The van der Waals surface area contributed by atoms with Gasteiger partial charge in [-0.1, -0.05) is 42.8 Å². The quantitative estimate of drug-likeness (QED) is 0.0923. The predicted octanol–water partition coefficient (Wildman–Crippen LogP) is 7.71. The summed E-state index contributed by atoms with van der Waals surface area (Å²) >= 11 is 3.17. The number of ether oxygens (including phenoxy) is 1. The summed E-state index contributed by atoms with van der Waals surface area (Å²) < 4.78 is 52.1. The first-order valence-corrected chi connectivity index (χ1v) is 17.8. The van der Waals surface area contributed by atoms with E-state index in [1.165, 1.54) is 36.7 Å². The molecule has 0 radical (unpaired) electrons. The number of halogens is 4. The van der Waals surface area contributed by atoms with E-state index in [1.54, 1.807) is 0 Å². The zero-order valence-electron chi connectivity index (χ0n) is 26.1. The molecule has 246 valence electrons. The lowest BCUT2D eigenvalue weighted by Crippen LogP contribution is -2.46. The van der Waals surface area contributed by atoms with E-state index in [-0.39, 0.29) is 50.6 Å². The number of anilines is 1. The van der Waals surface area contributed by atoms with Crippen LogP contribution in [-0.2, 0) is 10.0 Å². The molecule has 0 amide bonds. The van der Waals surface area contributed by atoms with E-state index in [0.29, 0.717) is 5.82 Å². The van der Waals surface area contributed by atoms with E-state index in [9.17, 15) is 29.1 Å². The molecule has 2 atom stereocenters. The Kier molecular flexibility index (Phi) is 11.4. The van der Waals surface area contributed by atoms with Crippen molar-refractivity contribution in [1.82, 2.24) is 9.97 Å². The number of nitro groups is 1. The van der Waals surface area contributed by atoms with E-state index in [0.717, 1.165) is 6.07 Å². The fourth-order valence-corrected chi connectivity index (χ4v) is 6.66. The molecule has 45 heavy (non-hydrogen) atoms. The second kappa shape index (κ2) is 14.1. The van der Waals surface area contributed by atoms with Gasteiger partial charge in [0.05, 0.1) is 17.1 Å². The molecule has 0 bridgehead atoms. The number of rotatable bonds is 13. The molecule has 3 rings (SSSR count). The fraction of sp³-hybridized carbons (Fsp3) is 0.467. The Morgan fingerprint density at radius 2 is 1.73 bits per heavy atom. The number of aliphatic hydroxyl groups is 2. The van der Waals surface area contributed by atoms with Crippen LogP contribution in [0.25, 0.3) is 11.1 Å². The Labute approximate surface area is 269 Å². The molecule has 0 aliphatic heterocycles. The van der Waals surface area contributed by atoms with E-state index < -0.39 is 49.2 Å². The van der Waals surface area contributed by atoms with Crippen molar-refractivity contribution in [3.05, 3.63) is 74.5 Å². The Balaban J connectivity index is 1.81.